The average Bonchev–Trinajstić information content (AvgIpc) is 2.56. The molecule has 1 aliphatic heterocycles. The van der Waals surface area contributed by atoms with E-state index in [9.17, 15) is 0 Å². The van der Waals surface area contributed by atoms with Crippen molar-refractivity contribution in [3.63, 3.8) is 0 Å². The second kappa shape index (κ2) is 3.25. The summed E-state index contributed by atoms with van der Waals surface area (Å²) in [6, 6.07) is 8.60. The Balaban J connectivity index is 2.21. The van der Waals surface area contributed by atoms with Gasteiger partial charge in [-0.25, -0.2) is 5.48 Å². The van der Waals surface area contributed by atoms with Crippen LogP contribution in [0.3, 0.4) is 0 Å². The van der Waals surface area contributed by atoms with E-state index in [2.05, 4.69) is 36.7 Å². The number of nitrogens with one attached hydrogen (secondary N) is 1. The number of hydrogen-bond acceptors (Lipinski definition) is 2. The van der Waals surface area contributed by atoms with Gasteiger partial charge in [0.1, 0.15) is 0 Å². The molecule has 1 aromatic rings. The number of hydroxylamine groups is 1. The highest BCUT2D eigenvalue weighted by molar-refractivity contribution is 5.26. The summed E-state index contributed by atoms with van der Waals surface area (Å²) >= 11 is 0. The van der Waals surface area contributed by atoms with Crippen LogP contribution >= 0.6 is 0 Å². The molecule has 2 heteroatoms. The van der Waals surface area contributed by atoms with Crippen LogP contribution in [-0.4, -0.2) is 13.2 Å². The third-order valence-corrected chi connectivity index (χ3v) is 2.23. The molecule has 1 fully saturated rings. The molecule has 64 valence electrons. The topological polar surface area (TPSA) is 21.3 Å². The zero-order chi connectivity index (χ0) is 8.39. The van der Waals surface area contributed by atoms with E-state index >= 15 is 0 Å². The molecule has 1 heterocycles. The third-order valence-electron chi connectivity index (χ3n) is 2.23. The van der Waals surface area contributed by atoms with Gasteiger partial charge in [-0.2, -0.15) is 0 Å². The first-order chi connectivity index (χ1) is 5.86. The van der Waals surface area contributed by atoms with Crippen LogP contribution in [0.1, 0.15) is 17.0 Å². The Labute approximate surface area is 72.5 Å². The highest BCUT2D eigenvalue weighted by Crippen LogP contribution is 2.19. The van der Waals surface area contributed by atoms with E-state index in [1.165, 1.54) is 11.1 Å². The van der Waals surface area contributed by atoms with Crippen molar-refractivity contribution in [2.45, 2.75) is 12.8 Å². The molecule has 0 aliphatic carbocycles. The molecule has 0 amide bonds. The first-order valence-corrected chi connectivity index (χ1v) is 4.27. The minimum Gasteiger partial charge on any atom is -0.301 e. The van der Waals surface area contributed by atoms with E-state index < -0.39 is 0 Å². The molecule has 0 radical (unpaired) electrons. The fourth-order valence-corrected chi connectivity index (χ4v) is 1.52. The van der Waals surface area contributed by atoms with Crippen molar-refractivity contribution in [2.24, 2.45) is 0 Å². The number of hydrogen-bond donors (Lipinski definition) is 1. The molecule has 1 saturated heterocycles. The van der Waals surface area contributed by atoms with Crippen molar-refractivity contribution in [1.29, 1.82) is 0 Å². The van der Waals surface area contributed by atoms with Gasteiger partial charge in [0.05, 0.1) is 6.61 Å². The molecule has 2 rings (SSSR count). The summed E-state index contributed by atoms with van der Waals surface area (Å²) in [5, 5.41) is 0. The summed E-state index contributed by atoms with van der Waals surface area (Å²) in [7, 11) is 0. The van der Waals surface area contributed by atoms with Gasteiger partial charge in [0.15, 0.2) is 0 Å². The quantitative estimate of drug-likeness (QED) is 0.679. The molecular weight excluding hydrogens is 150 g/mol. The molecule has 0 saturated carbocycles. The molecule has 0 spiro atoms. The van der Waals surface area contributed by atoms with Crippen LogP contribution in [-0.2, 0) is 4.84 Å². The van der Waals surface area contributed by atoms with Gasteiger partial charge in [-0.05, 0) is 12.5 Å². The number of aryl methyl sites for hydroxylation is 1. The highest BCUT2D eigenvalue weighted by Gasteiger charge is 2.16. The maximum atomic E-state index is 5.10. The van der Waals surface area contributed by atoms with Crippen molar-refractivity contribution in [1.82, 2.24) is 5.48 Å². The molecule has 1 aliphatic rings. The van der Waals surface area contributed by atoms with Crippen LogP contribution in [0, 0.1) is 6.92 Å². The van der Waals surface area contributed by atoms with Crippen LogP contribution in [0.15, 0.2) is 24.3 Å². The fourth-order valence-electron chi connectivity index (χ4n) is 1.52. The lowest BCUT2D eigenvalue weighted by molar-refractivity contribution is 0.101. The Morgan fingerprint density at radius 1 is 1.50 bits per heavy atom. The largest absolute Gasteiger partial charge is 0.301 e. The van der Waals surface area contributed by atoms with Gasteiger partial charge in [-0.15, -0.1) is 0 Å². The number of benzene rings is 1. The normalized spacial score (nSPS) is 22.9. The van der Waals surface area contributed by atoms with Crippen LogP contribution < -0.4 is 5.48 Å². The first kappa shape index (κ1) is 7.77. The summed E-state index contributed by atoms with van der Waals surface area (Å²) in [4.78, 5) is 5.10. The van der Waals surface area contributed by atoms with Gasteiger partial charge >= 0.3 is 0 Å². The smallest absolute Gasteiger partial charge is 0.0763 e. The second-order valence-electron chi connectivity index (χ2n) is 3.27. The van der Waals surface area contributed by atoms with E-state index in [1.807, 2.05) is 0 Å². The molecule has 0 bridgehead atoms. The van der Waals surface area contributed by atoms with Crippen LogP contribution in [0.2, 0.25) is 0 Å². The maximum Gasteiger partial charge on any atom is 0.0763 e. The average molecular weight is 163 g/mol. The third kappa shape index (κ3) is 1.49. The van der Waals surface area contributed by atoms with Gasteiger partial charge in [0.2, 0.25) is 0 Å². The molecule has 0 aromatic heterocycles. The van der Waals surface area contributed by atoms with Crippen molar-refractivity contribution in [3.8, 4) is 0 Å². The van der Waals surface area contributed by atoms with Gasteiger partial charge in [0.25, 0.3) is 0 Å². The van der Waals surface area contributed by atoms with E-state index in [0.717, 1.165) is 13.2 Å². The lowest BCUT2D eigenvalue weighted by Gasteiger charge is -2.06. The van der Waals surface area contributed by atoms with Gasteiger partial charge in [-0.1, -0.05) is 29.8 Å². The summed E-state index contributed by atoms with van der Waals surface area (Å²) in [5.41, 5.74) is 5.58. The molecule has 1 unspecified atom stereocenters. The van der Waals surface area contributed by atoms with Crippen LogP contribution in [0.25, 0.3) is 0 Å². The molecule has 1 aromatic carbocycles. The van der Waals surface area contributed by atoms with Gasteiger partial charge in [0, 0.05) is 12.5 Å². The Bertz CT molecular complexity index is 266. The molecule has 12 heavy (non-hydrogen) atoms. The standard InChI is InChI=1S/C10H13NO/c1-8-3-2-4-9(5-8)10-6-11-12-7-10/h2-5,10-11H,6-7H2,1H3. The predicted molar refractivity (Wildman–Crippen MR) is 47.9 cm³/mol. The van der Waals surface area contributed by atoms with Crippen molar-refractivity contribution in [2.75, 3.05) is 13.2 Å². The highest BCUT2D eigenvalue weighted by atomic mass is 16.7. The minimum atomic E-state index is 0.532. The van der Waals surface area contributed by atoms with Gasteiger partial charge < -0.3 is 4.84 Å². The monoisotopic (exact) mass is 163 g/mol. The van der Waals surface area contributed by atoms with Crippen molar-refractivity contribution in [3.05, 3.63) is 35.4 Å². The lowest BCUT2D eigenvalue weighted by atomic mass is 9.99. The molecule has 1 N–H and O–H groups in total. The van der Waals surface area contributed by atoms with E-state index in [0.29, 0.717) is 5.92 Å². The lowest BCUT2D eigenvalue weighted by Crippen LogP contribution is -2.06. The molecule has 2 nitrogen and oxygen atoms in total. The Kier molecular flexibility index (Phi) is 2.11. The summed E-state index contributed by atoms with van der Waals surface area (Å²) in [6.07, 6.45) is 0. The predicted octanol–water partition coefficient (Wildman–Crippen LogP) is 1.61. The summed E-state index contributed by atoms with van der Waals surface area (Å²) < 4.78 is 0. The summed E-state index contributed by atoms with van der Waals surface area (Å²) in [6.45, 7) is 3.85. The Hall–Kier alpha value is -0.860. The molecule has 1 atom stereocenters. The zero-order valence-electron chi connectivity index (χ0n) is 7.21. The van der Waals surface area contributed by atoms with E-state index in [-0.39, 0.29) is 0 Å². The Morgan fingerprint density at radius 2 is 2.42 bits per heavy atom. The van der Waals surface area contributed by atoms with Crippen molar-refractivity contribution < 1.29 is 4.84 Å². The Morgan fingerprint density at radius 3 is 3.08 bits per heavy atom. The first-order valence-electron chi connectivity index (χ1n) is 4.27. The van der Waals surface area contributed by atoms with Gasteiger partial charge in [-0.3, -0.25) is 0 Å². The minimum absolute atomic E-state index is 0.532. The zero-order valence-corrected chi connectivity index (χ0v) is 7.21. The summed E-state index contributed by atoms with van der Waals surface area (Å²) in [5.74, 6) is 0.532. The SMILES string of the molecule is Cc1cccc(C2CNOC2)c1. The second-order valence-corrected chi connectivity index (χ2v) is 3.27. The number of rotatable bonds is 1. The van der Waals surface area contributed by atoms with Crippen LogP contribution in [0.4, 0.5) is 0 Å². The van der Waals surface area contributed by atoms with E-state index in [1.54, 1.807) is 0 Å². The fraction of sp³-hybridized carbons (Fsp3) is 0.400. The maximum absolute atomic E-state index is 5.10. The van der Waals surface area contributed by atoms with Crippen LogP contribution in [0.5, 0.6) is 0 Å². The molecular formula is C10H13NO. The van der Waals surface area contributed by atoms with E-state index in [4.69, 9.17) is 4.84 Å². The van der Waals surface area contributed by atoms with Crippen molar-refractivity contribution >= 4 is 0 Å².